The minimum absolute atomic E-state index is 0.914. The zero-order chi connectivity index (χ0) is 30.5. The highest BCUT2D eigenvalue weighted by molar-refractivity contribution is 6.10. The van der Waals surface area contributed by atoms with Gasteiger partial charge in [0.15, 0.2) is 0 Å². The minimum atomic E-state index is 0.914. The van der Waals surface area contributed by atoms with E-state index in [-0.39, 0.29) is 0 Å². The van der Waals surface area contributed by atoms with E-state index in [2.05, 4.69) is 169 Å². The molecule has 0 aliphatic rings. The number of rotatable bonds is 5. The van der Waals surface area contributed by atoms with Crippen molar-refractivity contribution in [2.24, 2.45) is 0 Å². The molecule has 0 unspecified atom stereocenters. The lowest BCUT2D eigenvalue weighted by molar-refractivity contribution is 0.669. The lowest BCUT2D eigenvalue weighted by atomic mass is 9.97. The van der Waals surface area contributed by atoms with E-state index in [0.717, 1.165) is 44.4 Å². The highest BCUT2D eigenvalue weighted by atomic mass is 16.3. The van der Waals surface area contributed by atoms with Gasteiger partial charge in [-0.1, -0.05) is 127 Å². The smallest absolute Gasteiger partial charge is 0.136 e. The number of para-hydroxylation sites is 2. The fourth-order valence-electron chi connectivity index (χ4n) is 6.82. The van der Waals surface area contributed by atoms with E-state index in [1.165, 1.54) is 38.4 Å². The van der Waals surface area contributed by atoms with Crippen LogP contribution in [-0.2, 0) is 0 Å². The summed E-state index contributed by atoms with van der Waals surface area (Å²) in [5.74, 6) is 0. The van der Waals surface area contributed by atoms with E-state index >= 15 is 0 Å². The van der Waals surface area contributed by atoms with Crippen LogP contribution < -0.4 is 4.90 Å². The third-order valence-corrected chi connectivity index (χ3v) is 9.03. The van der Waals surface area contributed by atoms with Crippen LogP contribution in [0.3, 0.4) is 0 Å². The Morgan fingerprint density at radius 1 is 0.348 bits per heavy atom. The van der Waals surface area contributed by atoms with Crippen LogP contribution in [0.5, 0.6) is 0 Å². The van der Waals surface area contributed by atoms with Crippen molar-refractivity contribution in [3.05, 3.63) is 176 Å². The summed E-state index contributed by atoms with van der Waals surface area (Å²) in [6.45, 7) is 0. The van der Waals surface area contributed by atoms with Gasteiger partial charge >= 0.3 is 0 Å². The maximum absolute atomic E-state index is 6.21. The van der Waals surface area contributed by atoms with Crippen molar-refractivity contribution < 1.29 is 4.42 Å². The molecule has 9 aromatic rings. The van der Waals surface area contributed by atoms with Crippen molar-refractivity contribution in [1.82, 2.24) is 0 Å². The van der Waals surface area contributed by atoms with Crippen LogP contribution >= 0.6 is 0 Å². The molecule has 0 saturated heterocycles. The first-order valence-corrected chi connectivity index (χ1v) is 15.7. The molecule has 9 rings (SSSR count). The monoisotopic (exact) mass is 587 g/mol. The van der Waals surface area contributed by atoms with E-state index < -0.39 is 0 Å². The second-order valence-electron chi connectivity index (χ2n) is 11.8. The topological polar surface area (TPSA) is 16.4 Å². The largest absolute Gasteiger partial charge is 0.456 e. The molecular formula is C44H29NO. The standard InChI is InChI=1S/C44H29NO/c1-2-11-31(12-3-1)39-16-6-8-19-42(39)45(35-24-21-32(22-25-35)38-18-10-14-30-13-4-5-15-37(30)38)36-26-23-33-29-44-41(28-34(33)27-36)40-17-7-9-20-43(40)46-44/h1-29H. The Bertz CT molecular complexity index is 2520. The van der Waals surface area contributed by atoms with Gasteiger partial charge in [0, 0.05) is 27.7 Å². The van der Waals surface area contributed by atoms with Crippen LogP contribution in [0, 0.1) is 0 Å². The molecule has 2 nitrogen and oxygen atoms in total. The van der Waals surface area contributed by atoms with Crippen LogP contribution in [0.15, 0.2) is 180 Å². The van der Waals surface area contributed by atoms with Gasteiger partial charge < -0.3 is 9.32 Å². The van der Waals surface area contributed by atoms with Crippen molar-refractivity contribution in [3.8, 4) is 22.3 Å². The molecule has 0 radical (unpaired) electrons. The van der Waals surface area contributed by atoms with E-state index in [4.69, 9.17) is 4.42 Å². The van der Waals surface area contributed by atoms with Gasteiger partial charge in [-0.05, 0) is 86.8 Å². The number of fused-ring (bicyclic) bond motifs is 5. The summed E-state index contributed by atoms with van der Waals surface area (Å²) in [5, 5.41) is 7.11. The Hall–Kier alpha value is -6.12. The molecule has 2 heteroatoms. The van der Waals surface area contributed by atoms with Gasteiger partial charge in [-0.15, -0.1) is 0 Å². The van der Waals surface area contributed by atoms with Crippen LogP contribution in [0.2, 0.25) is 0 Å². The fourth-order valence-corrected chi connectivity index (χ4v) is 6.82. The molecule has 0 saturated carbocycles. The highest BCUT2D eigenvalue weighted by Gasteiger charge is 2.18. The van der Waals surface area contributed by atoms with Crippen LogP contribution in [0.4, 0.5) is 17.1 Å². The molecule has 1 heterocycles. The number of nitrogens with zero attached hydrogens (tertiary/aromatic N) is 1. The van der Waals surface area contributed by atoms with Gasteiger partial charge in [-0.2, -0.15) is 0 Å². The molecule has 1 aromatic heterocycles. The molecule has 0 fully saturated rings. The third kappa shape index (κ3) is 4.43. The van der Waals surface area contributed by atoms with Crippen molar-refractivity contribution in [2.45, 2.75) is 0 Å². The minimum Gasteiger partial charge on any atom is -0.456 e. The molecule has 0 aliphatic heterocycles. The summed E-state index contributed by atoms with van der Waals surface area (Å²) in [5.41, 5.74) is 9.95. The van der Waals surface area contributed by atoms with Gasteiger partial charge in [0.1, 0.15) is 11.2 Å². The number of hydrogen-bond donors (Lipinski definition) is 0. The second-order valence-corrected chi connectivity index (χ2v) is 11.8. The molecule has 0 N–H and O–H groups in total. The predicted octanol–water partition coefficient (Wildman–Crippen LogP) is 12.7. The van der Waals surface area contributed by atoms with Gasteiger partial charge in [0.05, 0.1) is 5.69 Å². The Morgan fingerprint density at radius 3 is 1.91 bits per heavy atom. The van der Waals surface area contributed by atoms with E-state index in [1.807, 2.05) is 12.1 Å². The van der Waals surface area contributed by atoms with E-state index in [0.29, 0.717) is 0 Å². The first-order valence-electron chi connectivity index (χ1n) is 15.7. The number of hydrogen-bond acceptors (Lipinski definition) is 2. The van der Waals surface area contributed by atoms with Crippen molar-refractivity contribution in [2.75, 3.05) is 4.90 Å². The summed E-state index contributed by atoms with van der Waals surface area (Å²) < 4.78 is 6.21. The van der Waals surface area contributed by atoms with Crippen LogP contribution in [-0.4, -0.2) is 0 Å². The van der Waals surface area contributed by atoms with Gasteiger partial charge in [-0.3, -0.25) is 0 Å². The highest BCUT2D eigenvalue weighted by Crippen LogP contribution is 2.43. The maximum Gasteiger partial charge on any atom is 0.136 e. The zero-order valence-electron chi connectivity index (χ0n) is 25.1. The molecule has 0 atom stereocenters. The molecular weight excluding hydrogens is 558 g/mol. The number of furan rings is 1. The van der Waals surface area contributed by atoms with E-state index in [9.17, 15) is 0 Å². The Balaban J connectivity index is 1.23. The molecule has 0 spiro atoms. The molecule has 46 heavy (non-hydrogen) atoms. The quantitative estimate of drug-likeness (QED) is 0.199. The third-order valence-electron chi connectivity index (χ3n) is 9.03. The first-order chi connectivity index (χ1) is 22.8. The van der Waals surface area contributed by atoms with Crippen molar-refractivity contribution in [3.63, 3.8) is 0 Å². The number of benzene rings is 8. The Labute approximate surface area is 267 Å². The fraction of sp³-hybridized carbons (Fsp3) is 0. The molecule has 0 aliphatic carbocycles. The second kappa shape index (κ2) is 10.8. The van der Waals surface area contributed by atoms with E-state index in [1.54, 1.807) is 0 Å². The van der Waals surface area contributed by atoms with Gasteiger partial charge in [0.2, 0.25) is 0 Å². The SMILES string of the molecule is c1ccc(-c2ccccc2N(c2ccc(-c3cccc4ccccc34)cc2)c2ccc3cc4oc5ccccc5c4cc3c2)cc1. The Kier molecular flexibility index (Phi) is 6.17. The maximum atomic E-state index is 6.21. The lowest BCUT2D eigenvalue weighted by Crippen LogP contribution is -2.11. The Morgan fingerprint density at radius 2 is 1.02 bits per heavy atom. The molecule has 8 aromatic carbocycles. The number of anilines is 3. The lowest BCUT2D eigenvalue weighted by Gasteiger charge is -2.28. The van der Waals surface area contributed by atoms with Crippen molar-refractivity contribution in [1.29, 1.82) is 0 Å². The molecule has 216 valence electrons. The van der Waals surface area contributed by atoms with Crippen LogP contribution in [0.1, 0.15) is 0 Å². The summed E-state index contributed by atoms with van der Waals surface area (Å²) in [6, 6.07) is 62.9. The van der Waals surface area contributed by atoms with Crippen LogP contribution in [0.25, 0.3) is 65.7 Å². The summed E-state index contributed by atoms with van der Waals surface area (Å²) in [4.78, 5) is 2.38. The average molecular weight is 588 g/mol. The first kappa shape index (κ1) is 26.3. The molecule has 0 amide bonds. The zero-order valence-corrected chi connectivity index (χ0v) is 25.1. The average Bonchev–Trinajstić information content (AvgIpc) is 3.49. The predicted molar refractivity (Wildman–Crippen MR) is 194 cm³/mol. The van der Waals surface area contributed by atoms with Crippen molar-refractivity contribution >= 4 is 60.5 Å². The molecule has 0 bridgehead atoms. The summed E-state index contributed by atoms with van der Waals surface area (Å²) >= 11 is 0. The van der Waals surface area contributed by atoms with Gasteiger partial charge in [0.25, 0.3) is 0 Å². The summed E-state index contributed by atoms with van der Waals surface area (Å²) in [6.07, 6.45) is 0. The van der Waals surface area contributed by atoms with Gasteiger partial charge in [-0.25, -0.2) is 0 Å². The summed E-state index contributed by atoms with van der Waals surface area (Å²) in [7, 11) is 0. The normalized spacial score (nSPS) is 11.5.